The van der Waals surface area contributed by atoms with Gasteiger partial charge in [-0.3, -0.25) is 4.79 Å². The van der Waals surface area contributed by atoms with Gasteiger partial charge in [0.1, 0.15) is 18.2 Å². The highest BCUT2D eigenvalue weighted by Gasteiger charge is 2.22. The lowest BCUT2D eigenvalue weighted by Crippen LogP contribution is -2.46. The Morgan fingerprint density at radius 2 is 1.94 bits per heavy atom. The molecule has 0 bridgehead atoms. The van der Waals surface area contributed by atoms with Gasteiger partial charge in [-0.2, -0.15) is 11.8 Å². The van der Waals surface area contributed by atoms with E-state index in [1.54, 1.807) is 17.8 Å². The first-order valence-electron chi connectivity index (χ1n) is 11.5. The molecule has 0 aliphatic carbocycles. The SMILES string of the molecule is CCN1CCN(c2ccc(F)cc2[C@@H](C)NC(=O)Cn2c(CSC)nc3ccccc32)CC1. The fourth-order valence-corrected chi connectivity index (χ4v) is 4.99. The van der Waals surface area contributed by atoms with Crippen LogP contribution < -0.4 is 10.2 Å². The van der Waals surface area contributed by atoms with E-state index in [0.29, 0.717) is 0 Å². The van der Waals surface area contributed by atoms with E-state index >= 15 is 0 Å². The Hall–Kier alpha value is -2.58. The van der Waals surface area contributed by atoms with Crippen LogP contribution in [0.1, 0.15) is 31.3 Å². The van der Waals surface area contributed by atoms with Crippen LogP contribution in [0, 0.1) is 5.82 Å². The minimum Gasteiger partial charge on any atom is -0.369 e. The van der Waals surface area contributed by atoms with Crippen molar-refractivity contribution in [3.05, 3.63) is 59.7 Å². The van der Waals surface area contributed by atoms with Gasteiger partial charge in [0.05, 0.1) is 22.8 Å². The summed E-state index contributed by atoms with van der Waals surface area (Å²) >= 11 is 1.68. The van der Waals surface area contributed by atoms with Crippen LogP contribution in [-0.2, 0) is 17.1 Å². The molecule has 4 rings (SSSR count). The number of anilines is 1. The van der Waals surface area contributed by atoms with Crippen molar-refractivity contribution in [2.24, 2.45) is 0 Å². The Labute approximate surface area is 199 Å². The predicted molar refractivity (Wildman–Crippen MR) is 134 cm³/mol. The maximum atomic E-state index is 14.2. The van der Waals surface area contributed by atoms with E-state index in [0.717, 1.165) is 66.6 Å². The van der Waals surface area contributed by atoms with Crippen LogP contribution in [0.3, 0.4) is 0 Å². The van der Waals surface area contributed by atoms with Crippen molar-refractivity contribution in [1.82, 2.24) is 19.8 Å². The number of benzene rings is 2. The number of fused-ring (bicyclic) bond motifs is 1. The number of halogens is 1. The largest absolute Gasteiger partial charge is 0.369 e. The van der Waals surface area contributed by atoms with Gasteiger partial charge in [-0.15, -0.1) is 0 Å². The fourth-order valence-electron chi connectivity index (χ4n) is 4.51. The molecule has 0 radical (unpaired) electrons. The number of imidazole rings is 1. The molecule has 1 aliphatic rings. The van der Waals surface area contributed by atoms with Gasteiger partial charge in [-0.25, -0.2) is 9.37 Å². The predicted octanol–water partition coefficient (Wildman–Crippen LogP) is 4.06. The zero-order valence-electron chi connectivity index (χ0n) is 19.6. The van der Waals surface area contributed by atoms with E-state index in [1.807, 2.05) is 48.1 Å². The summed E-state index contributed by atoms with van der Waals surface area (Å²) in [5.74, 6) is 1.21. The molecule has 3 aromatic rings. The summed E-state index contributed by atoms with van der Waals surface area (Å²) in [5.41, 5.74) is 3.65. The van der Waals surface area contributed by atoms with E-state index in [1.165, 1.54) is 6.07 Å². The zero-order chi connectivity index (χ0) is 23.4. The molecule has 6 nitrogen and oxygen atoms in total. The molecular formula is C25H32FN5OS. The average molecular weight is 470 g/mol. The van der Waals surface area contributed by atoms with Gasteiger partial charge in [0.15, 0.2) is 0 Å². The molecule has 1 fully saturated rings. The second-order valence-corrected chi connectivity index (χ2v) is 9.32. The maximum absolute atomic E-state index is 14.2. The Bertz CT molecular complexity index is 1110. The summed E-state index contributed by atoms with van der Waals surface area (Å²) in [6, 6.07) is 12.5. The first-order valence-corrected chi connectivity index (χ1v) is 12.9. The third-order valence-electron chi connectivity index (χ3n) is 6.30. The Balaban J connectivity index is 1.52. The van der Waals surface area contributed by atoms with E-state index in [9.17, 15) is 9.18 Å². The molecule has 1 amide bonds. The normalized spacial score (nSPS) is 15.7. The molecule has 8 heteroatoms. The monoisotopic (exact) mass is 469 g/mol. The summed E-state index contributed by atoms with van der Waals surface area (Å²) in [5, 5.41) is 3.10. The maximum Gasteiger partial charge on any atom is 0.240 e. The number of nitrogens with zero attached hydrogens (tertiary/aromatic N) is 4. The molecule has 0 unspecified atom stereocenters. The minimum absolute atomic E-state index is 0.112. The van der Waals surface area contributed by atoms with Crippen LogP contribution in [0.2, 0.25) is 0 Å². The molecular weight excluding hydrogens is 437 g/mol. The molecule has 33 heavy (non-hydrogen) atoms. The number of aromatic nitrogens is 2. The molecule has 1 saturated heterocycles. The van der Waals surface area contributed by atoms with Crippen molar-refractivity contribution < 1.29 is 9.18 Å². The van der Waals surface area contributed by atoms with Crippen LogP contribution >= 0.6 is 11.8 Å². The molecule has 176 valence electrons. The van der Waals surface area contributed by atoms with Crippen LogP contribution in [0.15, 0.2) is 42.5 Å². The topological polar surface area (TPSA) is 53.4 Å². The Kier molecular flexibility index (Phi) is 7.55. The number of piperazine rings is 1. The molecule has 0 saturated carbocycles. The second kappa shape index (κ2) is 10.6. The summed E-state index contributed by atoms with van der Waals surface area (Å²) in [6.07, 6.45) is 2.03. The smallest absolute Gasteiger partial charge is 0.240 e. The molecule has 2 aromatic carbocycles. The van der Waals surface area contributed by atoms with Crippen LogP contribution in [0.4, 0.5) is 10.1 Å². The lowest BCUT2D eigenvalue weighted by Gasteiger charge is -2.37. The number of para-hydroxylation sites is 2. The number of hydrogen-bond acceptors (Lipinski definition) is 5. The number of amides is 1. The van der Waals surface area contributed by atoms with Gasteiger partial charge in [0.25, 0.3) is 0 Å². The number of hydrogen-bond donors (Lipinski definition) is 1. The molecule has 0 spiro atoms. The minimum atomic E-state index is -0.314. The fraction of sp³-hybridized carbons (Fsp3) is 0.440. The van der Waals surface area contributed by atoms with Crippen molar-refractivity contribution in [3.63, 3.8) is 0 Å². The molecule has 1 aliphatic heterocycles. The molecule has 1 aromatic heterocycles. The summed E-state index contributed by atoms with van der Waals surface area (Å²) in [6.45, 7) is 9.08. The summed E-state index contributed by atoms with van der Waals surface area (Å²) < 4.78 is 16.2. The standard InChI is InChI=1S/C25H32FN5OS/c1-4-29-11-13-30(14-12-29)22-10-9-19(26)15-20(22)18(2)27-25(32)16-31-23-8-6-5-7-21(23)28-24(31)17-33-3/h5-10,15,18H,4,11-14,16-17H2,1-3H3,(H,27,32)/t18-/m1/s1. The average Bonchev–Trinajstić information content (AvgIpc) is 3.16. The summed E-state index contributed by atoms with van der Waals surface area (Å²) in [7, 11) is 0. The number of likely N-dealkylation sites (N-methyl/N-ethyl adjacent to an activating group) is 1. The van der Waals surface area contributed by atoms with Crippen molar-refractivity contribution in [2.45, 2.75) is 32.2 Å². The van der Waals surface area contributed by atoms with Gasteiger partial charge in [-0.1, -0.05) is 19.1 Å². The molecule has 1 atom stereocenters. The van der Waals surface area contributed by atoms with Gasteiger partial charge in [-0.05, 0) is 50.1 Å². The Morgan fingerprint density at radius 3 is 2.67 bits per heavy atom. The highest BCUT2D eigenvalue weighted by Crippen LogP contribution is 2.28. The van der Waals surface area contributed by atoms with Gasteiger partial charge < -0.3 is 19.7 Å². The van der Waals surface area contributed by atoms with Gasteiger partial charge in [0.2, 0.25) is 5.91 Å². The number of rotatable bonds is 8. The summed E-state index contributed by atoms with van der Waals surface area (Å²) in [4.78, 5) is 22.5. The van der Waals surface area contributed by atoms with Crippen LogP contribution in [0.25, 0.3) is 11.0 Å². The number of carbonyl (C=O) groups is 1. The Morgan fingerprint density at radius 1 is 1.18 bits per heavy atom. The number of thioether (sulfide) groups is 1. The van der Waals surface area contributed by atoms with E-state index < -0.39 is 0 Å². The third-order valence-corrected chi connectivity index (χ3v) is 6.85. The third kappa shape index (κ3) is 5.33. The molecule has 2 heterocycles. The first-order chi connectivity index (χ1) is 16.0. The quantitative estimate of drug-likeness (QED) is 0.539. The first kappa shape index (κ1) is 23.6. The highest BCUT2D eigenvalue weighted by molar-refractivity contribution is 7.97. The van der Waals surface area contributed by atoms with Crippen molar-refractivity contribution in [1.29, 1.82) is 0 Å². The van der Waals surface area contributed by atoms with Gasteiger partial charge >= 0.3 is 0 Å². The van der Waals surface area contributed by atoms with Gasteiger partial charge in [0, 0.05) is 37.4 Å². The van der Waals surface area contributed by atoms with Crippen LogP contribution in [-0.4, -0.2) is 59.3 Å². The lowest BCUT2D eigenvalue weighted by atomic mass is 10.0. The van der Waals surface area contributed by atoms with E-state index in [4.69, 9.17) is 4.98 Å². The van der Waals surface area contributed by atoms with E-state index in [2.05, 4.69) is 22.0 Å². The zero-order valence-corrected chi connectivity index (χ0v) is 20.4. The number of carbonyl (C=O) groups excluding carboxylic acids is 1. The van der Waals surface area contributed by atoms with E-state index in [-0.39, 0.29) is 24.3 Å². The van der Waals surface area contributed by atoms with Crippen LogP contribution in [0.5, 0.6) is 0 Å². The molecule has 1 N–H and O–H groups in total. The van der Waals surface area contributed by atoms with Crippen molar-refractivity contribution in [2.75, 3.05) is 43.9 Å². The second-order valence-electron chi connectivity index (χ2n) is 8.45. The highest BCUT2D eigenvalue weighted by atomic mass is 32.2. The lowest BCUT2D eigenvalue weighted by molar-refractivity contribution is -0.122. The van der Waals surface area contributed by atoms with Crippen molar-refractivity contribution >= 4 is 34.4 Å². The number of nitrogens with one attached hydrogen (secondary N) is 1. The van der Waals surface area contributed by atoms with Crippen molar-refractivity contribution in [3.8, 4) is 0 Å².